The maximum absolute atomic E-state index is 12.9. The summed E-state index contributed by atoms with van der Waals surface area (Å²) in [5.41, 5.74) is 2.46. The number of urea groups is 1. The molecule has 46 heavy (non-hydrogen) atoms. The number of nitrogens with zero attached hydrogens (tertiary/aromatic N) is 1. The maximum atomic E-state index is 12.9. The number of carbonyl (C=O) groups excluding carboxylic acids is 1. The second-order valence-corrected chi connectivity index (χ2v) is 15.5. The first kappa shape index (κ1) is 34.5. The molecule has 1 fully saturated rings. The minimum atomic E-state index is -5.70. The Morgan fingerprint density at radius 3 is 2.39 bits per heavy atom. The third-order valence-corrected chi connectivity index (χ3v) is 12.0. The summed E-state index contributed by atoms with van der Waals surface area (Å²) in [7, 11) is -14.7. The lowest BCUT2D eigenvalue weighted by Crippen LogP contribution is -2.54. The zero-order chi connectivity index (χ0) is 33.6. The monoisotopic (exact) mass is 704 g/mol. The molecular weight excluding hydrogens is 673 g/mol. The Bertz CT molecular complexity index is 1730. The Hall–Kier alpha value is -2.88. The molecule has 17 nitrogen and oxygen atoms in total. The number of rotatable bonds is 11. The molecule has 5 rings (SSSR count). The van der Waals surface area contributed by atoms with Gasteiger partial charge in [-0.2, -0.15) is 4.31 Å². The van der Waals surface area contributed by atoms with E-state index in [2.05, 4.69) is 18.5 Å². The SMILES string of the molecule is COc1cccc(C2=CC3=CN([C@@H]4O[C@H](COP(=O)(O)OP(=O)(O)OP(=O)(O)c5ccc(C)c(C)c5)[C@H](O)C4O)C(=O)NC3O2)c1. The fourth-order valence-electron chi connectivity index (χ4n) is 4.72. The number of aryl methyl sites for hydroxylation is 2. The Labute approximate surface area is 262 Å². The van der Waals surface area contributed by atoms with Gasteiger partial charge in [-0.05, 0) is 55.3 Å². The average molecular weight is 704 g/mol. The predicted molar refractivity (Wildman–Crippen MR) is 158 cm³/mol. The molecule has 0 saturated carbocycles. The van der Waals surface area contributed by atoms with Gasteiger partial charge in [0, 0.05) is 17.3 Å². The van der Waals surface area contributed by atoms with Crippen molar-refractivity contribution in [3.05, 3.63) is 77.0 Å². The number of ether oxygens (including phenoxy) is 3. The van der Waals surface area contributed by atoms with E-state index in [0.717, 1.165) is 10.5 Å². The van der Waals surface area contributed by atoms with Crippen molar-refractivity contribution in [2.75, 3.05) is 13.7 Å². The molecule has 0 bridgehead atoms. The van der Waals surface area contributed by atoms with Crippen molar-refractivity contribution in [2.24, 2.45) is 0 Å². The number of nitrogens with one attached hydrogen (secondary N) is 1. The van der Waals surface area contributed by atoms with Crippen LogP contribution in [0.5, 0.6) is 5.75 Å². The molecule has 3 aliphatic heterocycles. The van der Waals surface area contributed by atoms with Crippen molar-refractivity contribution in [3.63, 3.8) is 0 Å². The summed E-state index contributed by atoms with van der Waals surface area (Å²) in [4.78, 5) is 44.0. The predicted octanol–water partition coefficient (Wildman–Crippen LogP) is 2.13. The molecule has 3 aliphatic rings. The Kier molecular flexibility index (Phi) is 9.71. The van der Waals surface area contributed by atoms with Crippen LogP contribution in [0.3, 0.4) is 0 Å². The molecule has 3 heterocycles. The van der Waals surface area contributed by atoms with Gasteiger partial charge in [0.15, 0.2) is 6.23 Å². The molecule has 0 aliphatic carbocycles. The molecule has 0 spiro atoms. The summed E-state index contributed by atoms with van der Waals surface area (Å²) in [5.74, 6) is 1.01. The van der Waals surface area contributed by atoms with Crippen LogP contribution in [0.2, 0.25) is 0 Å². The number of hydrogen-bond acceptors (Lipinski definition) is 12. The first-order chi connectivity index (χ1) is 21.5. The first-order valence-corrected chi connectivity index (χ1v) is 18.0. The molecule has 2 aromatic carbocycles. The van der Waals surface area contributed by atoms with Crippen LogP contribution < -0.4 is 15.4 Å². The van der Waals surface area contributed by atoms with Crippen molar-refractivity contribution >= 4 is 40.3 Å². The van der Waals surface area contributed by atoms with Crippen LogP contribution in [0.4, 0.5) is 4.79 Å². The minimum absolute atomic E-state index is 0.371. The van der Waals surface area contributed by atoms with Crippen molar-refractivity contribution < 1.29 is 70.7 Å². The lowest BCUT2D eigenvalue weighted by molar-refractivity contribution is -0.0671. The molecule has 8 atom stereocenters. The van der Waals surface area contributed by atoms with Gasteiger partial charge < -0.3 is 39.1 Å². The van der Waals surface area contributed by atoms with Gasteiger partial charge in [0.2, 0.25) is 6.23 Å². The number of aliphatic hydroxyl groups is 2. The van der Waals surface area contributed by atoms with E-state index in [4.69, 9.17) is 14.2 Å². The van der Waals surface area contributed by atoms with Gasteiger partial charge in [0.1, 0.15) is 29.8 Å². The largest absolute Gasteiger partial charge is 0.497 e. The van der Waals surface area contributed by atoms with Crippen LogP contribution in [-0.4, -0.2) is 80.3 Å². The molecule has 5 unspecified atom stereocenters. The number of phosphoric acid groups is 2. The van der Waals surface area contributed by atoms with Gasteiger partial charge in [0.25, 0.3) is 0 Å². The van der Waals surface area contributed by atoms with Crippen LogP contribution in [0.25, 0.3) is 5.76 Å². The van der Waals surface area contributed by atoms with Gasteiger partial charge in [-0.1, -0.05) is 18.2 Å². The van der Waals surface area contributed by atoms with Crippen LogP contribution in [-0.2, 0) is 36.3 Å². The fourth-order valence-corrected chi connectivity index (χ4v) is 8.79. The van der Waals surface area contributed by atoms with Crippen molar-refractivity contribution in [2.45, 2.75) is 44.6 Å². The van der Waals surface area contributed by atoms with Crippen LogP contribution in [0.1, 0.15) is 16.7 Å². The third-order valence-electron chi connectivity index (χ3n) is 7.23. The van der Waals surface area contributed by atoms with E-state index >= 15 is 0 Å². The van der Waals surface area contributed by atoms with Gasteiger partial charge in [0.05, 0.1) is 19.0 Å². The molecule has 1 saturated heterocycles. The van der Waals surface area contributed by atoms with E-state index in [1.165, 1.54) is 31.5 Å². The highest BCUT2D eigenvalue weighted by Crippen LogP contribution is 2.67. The summed E-state index contributed by atoms with van der Waals surface area (Å²) >= 11 is 0. The summed E-state index contributed by atoms with van der Waals surface area (Å²) in [6.07, 6.45) is -4.43. The molecule has 2 aromatic rings. The normalized spacial score (nSPS) is 28.1. The smallest absolute Gasteiger partial charge is 0.488 e. The van der Waals surface area contributed by atoms with E-state index in [1.54, 1.807) is 44.2 Å². The highest BCUT2D eigenvalue weighted by atomic mass is 31.3. The Morgan fingerprint density at radius 1 is 0.957 bits per heavy atom. The summed E-state index contributed by atoms with van der Waals surface area (Å²) in [5, 5.41) is 23.4. The van der Waals surface area contributed by atoms with Crippen molar-refractivity contribution in [1.82, 2.24) is 10.2 Å². The van der Waals surface area contributed by atoms with E-state index < -0.39 is 66.6 Å². The Balaban J connectivity index is 1.22. The number of benzene rings is 2. The number of carbonyl (C=O) groups is 1. The van der Waals surface area contributed by atoms with Gasteiger partial charge in [-0.3, -0.25) is 19.3 Å². The molecule has 2 amide bonds. The quantitative estimate of drug-likeness (QED) is 0.184. The average Bonchev–Trinajstić information content (AvgIpc) is 3.51. The molecular formula is C26H31N2O15P3. The second-order valence-electron chi connectivity index (χ2n) is 10.5. The standard InChI is InChI=1S/C26H31N2O15P3/c1-14-7-8-19(9-15(14)2)44(32,33)42-46(36,37)43-45(34,35)39-13-21-22(29)23(30)25(41-21)28-12-17-11-20(40-24(17)27-26(28)31)16-5-4-6-18(10-16)38-3/h4-12,21-25,29-30H,13H2,1-3H3,(H,27,31)(H,32,33)(H,34,35)(H,36,37)/t21-,22+,23?,24?,25-/m1/s1. The van der Waals surface area contributed by atoms with Crippen LogP contribution >= 0.6 is 23.2 Å². The highest BCUT2D eigenvalue weighted by Gasteiger charge is 2.50. The van der Waals surface area contributed by atoms with Crippen molar-refractivity contribution in [1.29, 1.82) is 0 Å². The zero-order valence-electron chi connectivity index (χ0n) is 24.4. The van der Waals surface area contributed by atoms with Gasteiger partial charge in [-0.25, -0.2) is 18.2 Å². The van der Waals surface area contributed by atoms with Gasteiger partial charge in [-0.15, -0.1) is 0 Å². The van der Waals surface area contributed by atoms with Crippen molar-refractivity contribution in [3.8, 4) is 5.75 Å². The number of aliphatic hydroxyl groups excluding tert-OH is 2. The summed E-state index contributed by atoms with van der Waals surface area (Å²) in [6, 6.07) is 10.1. The highest BCUT2D eigenvalue weighted by molar-refractivity contribution is 7.71. The van der Waals surface area contributed by atoms with Gasteiger partial charge >= 0.3 is 29.3 Å². The van der Waals surface area contributed by atoms with E-state index in [1.807, 2.05) is 0 Å². The first-order valence-electron chi connectivity index (χ1n) is 13.5. The number of phosphoric ester groups is 1. The fraction of sp³-hybridized carbons (Fsp3) is 0.346. The lowest BCUT2D eigenvalue weighted by atomic mass is 10.1. The molecule has 20 heteroatoms. The maximum Gasteiger partial charge on any atom is 0.488 e. The van der Waals surface area contributed by atoms with E-state index in [9.17, 15) is 43.4 Å². The molecule has 6 N–H and O–H groups in total. The number of amides is 2. The summed E-state index contributed by atoms with van der Waals surface area (Å²) < 4.78 is 67.2. The molecule has 250 valence electrons. The summed E-state index contributed by atoms with van der Waals surface area (Å²) in [6.45, 7) is 2.35. The lowest BCUT2D eigenvalue weighted by Gasteiger charge is -2.33. The van der Waals surface area contributed by atoms with E-state index in [-0.39, 0.29) is 5.30 Å². The second kappa shape index (κ2) is 13.0. The number of methoxy groups -OCH3 is 1. The molecule has 0 radical (unpaired) electrons. The zero-order valence-corrected chi connectivity index (χ0v) is 27.1. The Morgan fingerprint density at radius 2 is 1.70 bits per heavy atom. The number of hydrogen-bond donors (Lipinski definition) is 6. The topological polar surface area (TPSA) is 240 Å². The third kappa shape index (κ3) is 7.47. The molecule has 0 aromatic heterocycles. The van der Waals surface area contributed by atoms with E-state index in [0.29, 0.717) is 28.2 Å². The van der Waals surface area contributed by atoms with Crippen LogP contribution in [0.15, 0.2) is 60.3 Å². The van der Waals surface area contributed by atoms with Crippen LogP contribution in [0, 0.1) is 13.8 Å². The number of fused-ring (bicyclic) bond motifs is 1. The minimum Gasteiger partial charge on any atom is -0.497 e.